The zero-order valence-corrected chi connectivity index (χ0v) is 76.2. The van der Waals surface area contributed by atoms with Gasteiger partial charge in [0.2, 0.25) is 17.7 Å². The Labute approximate surface area is 765 Å². The van der Waals surface area contributed by atoms with Gasteiger partial charge in [-0.25, -0.2) is 0 Å². The van der Waals surface area contributed by atoms with Crippen molar-refractivity contribution < 1.29 is 28.6 Å². The summed E-state index contributed by atoms with van der Waals surface area (Å²) in [6.07, 6.45) is 23.6. The summed E-state index contributed by atoms with van der Waals surface area (Å²) in [6.45, 7) is 23.5. The van der Waals surface area contributed by atoms with Crippen molar-refractivity contribution in [2.24, 2.45) is 0 Å². The minimum atomic E-state index is -0.233. The molecule has 6 fully saturated rings. The standard InChI is InChI=1S/C33H39N7O2.2C31H36N8O2.3H2S/c1-3-8-31(41)40-20-19-39(21-25(40)14-16-34)32-28-15-18-38(30-13-6-10-24-9-4-5-12-27(24)30)22-29(28)35-33(36-32)42-23-26-11-7-17-37(26)2;1-3-29(40)39-17-16-38(19-23(39)9-12-32)30-26-11-15-37(28-8-4-6-22-18-33-13-10-25(22)28)20-27(26)34-31(35-30)41-21-24-7-5-14-36(24)2;1-3-29(40)39-16-15-38(19-23(39)10-12-32)30-26-11-14-37(28-18-33-17-22-7-4-5-9-25(22)28)20-27(26)34-31(35-30)41-21-24-8-6-13-36(24)2;;;/h3-6,8-10,12-13,25-26H,7,11,14-15,17-23H2,1-2H3;3-4,6,8,10,13,18,23-24H,1,5,7,9,11,14-17,19-21H2,2H3;3-5,7,9,17-18,23-24H,1,6,8,10-11,13-16,19-21H2,2H3;3*1H2/b8-3+;;;;;/t25?,26-;2*23?,24-;;;/m000.../s1. The lowest BCUT2D eigenvalue weighted by atomic mass is 10.0. The Morgan fingerprint density at radius 1 is 0.409 bits per heavy atom. The molecular weight excluding hydrogens is 1660 g/mol. The van der Waals surface area contributed by atoms with Crippen LogP contribution in [0.25, 0.3) is 32.3 Å². The maximum atomic E-state index is 12.8. The molecule has 5 aromatic heterocycles. The van der Waals surface area contributed by atoms with Gasteiger partial charge in [0.25, 0.3) is 0 Å². The molecule has 29 nitrogen and oxygen atoms in total. The summed E-state index contributed by atoms with van der Waals surface area (Å²) in [5.41, 5.74) is 9.73. The predicted molar refractivity (Wildman–Crippen MR) is 511 cm³/mol. The van der Waals surface area contributed by atoms with Crippen LogP contribution in [-0.4, -0.2) is 262 Å². The fraction of sp³-hybridized carbons (Fsp3) is 0.453. The van der Waals surface area contributed by atoms with E-state index < -0.39 is 0 Å². The highest BCUT2D eigenvalue weighted by Crippen LogP contribution is 2.40. The molecule has 9 aliphatic rings. The van der Waals surface area contributed by atoms with E-state index in [-0.39, 0.29) is 95.6 Å². The number of nitrogens with zero attached hydrogens (tertiary/aromatic N) is 23. The van der Waals surface area contributed by atoms with E-state index in [2.05, 4.69) is 192 Å². The third kappa shape index (κ3) is 21.0. The molecule has 0 aliphatic carbocycles. The minimum absolute atomic E-state index is 0. The number of anilines is 6. The summed E-state index contributed by atoms with van der Waals surface area (Å²) < 4.78 is 18.8. The van der Waals surface area contributed by atoms with Crippen LogP contribution in [0.2, 0.25) is 0 Å². The Morgan fingerprint density at radius 2 is 0.772 bits per heavy atom. The third-order valence-corrected chi connectivity index (χ3v) is 26.2. The number of hydrogen-bond donors (Lipinski definition) is 0. The van der Waals surface area contributed by atoms with Crippen LogP contribution >= 0.6 is 40.5 Å². The lowest BCUT2D eigenvalue weighted by molar-refractivity contribution is -0.129. The van der Waals surface area contributed by atoms with Crippen molar-refractivity contribution in [3.63, 3.8) is 0 Å². The van der Waals surface area contributed by atoms with E-state index in [0.29, 0.717) is 135 Å². The lowest BCUT2D eigenvalue weighted by Crippen LogP contribution is -2.55. The maximum absolute atomic E-state index is 12.8. The highest BCUT2D eigenvalue weighted by Gasteiger charge is 2.39. The monoisotopic (exact) mass is 1770 g/mol. The van der Waals surface area contributed by atoms with Crippen molar-refractivity contribution >= 4 is 125 Å². The molecular formula is C95H117N23O6S3. The van der Waals surface area contributed by atoms with Crippen LogP contribution in [0.1, 0.15) is 98.5 Å². The van der Waals surface area contributed by atoms with Crippen molar-refractivity contribution in [2.45, 2.75) is 140 Å². The van der Waals surface area contributed by atoms with Gasteiger partial charge in [-0.15, -0.1) is 0 Å². The number of benzene rings is 4. The number of fused-ring (bicyclic) bond motifs is 6. The number of carbonyl (C=O) groups excluding carboxylic acids is 3. The van der Waals surface area contributed by atoms with Gasteiger partial charge in [-0.3, -0.25) is 24.4 Å². The second-order valence-corrected chi connectivity index (χ2v) is 33.7. The van der Waals surface area contributed by atoms with E-state index in [1.807, 2.05) is 42.7 Å². The lowest BCUT2D eigenvalue weighted by Gasteiger charge is -2.42. The highest BCUT2D eigenvalue weighted by atomic mass is 32.1. The van der Waals surface area contributed by atoms with Crippen LogP contribution in [0.4, 0.5) is 34.5 Å². The first-order valence-corrected chi connectivity index (χ1v) is 43.9. The number of carbonyl (C=O) groups is 3. The SMILES string of the molecule is C/C=C/C(=O)N1CCN(c2nc(OC[C@@H]3CCCN3C)nc3c2CCN(c2cccc4ccccc24)C3)CC1CC#N.C=CC(=O)N1CCN(c2nc(OC[C@@H]3CCCN3C)nc3c2CCN(c2cccc4cnccc24)C3)CC1CC#N.C=CC(=O)N1CCN(c2nc(OC[C@@H]3CCCN3C)nc3c2CCN(c2cncc4ccccc24)C3)CC1CC#N.S.S.S. The zero-order valence-electron chi connectivity index (χ0n) is 73.2. The number of aromatic nitrogens is 8. The highest BCUT2D eigenvalue weighted by molar-refractivity contribution is 7.59. The van der Waals surface area contributed by atoms with Crippen LogP contribution in [0, 0.1) is 34.0 Å². The number of likely N-dealkylation sites (tertiary alicyclic amines) is 3. The van der Waals surface area contributed by atoms with Crippen LogP contribution in [0.3, 0.4) is 0 Å². The van der Waals surface area contributed by atoms with E-state index >= 15 is 0 Å². The van der Waals surface area contributed by atoms with Gasteiger partial charge in [-0.2, -0.15) is 86.2 Å². The van der Waals surface area contributed by atoms with Gasteiger partial charge >= 0.3 is 18.0 Å². The normalized spacial score (nSPS) is 20.6. The molecule has 0 spiro atoms. The number of ether oxygens (including phenoxy) is 3. The first-order chi connectivity index (χ1) is 60.7. The van der Waals surface area contributed by atoms with Gasteiger partial charge in [0.1, 0.15) is 37.3 Å². The molecule has 4 aromatic carbocycles. The van der Waals surface area contributed by atoms with Crippen molar-refractivity contribution in [2.75, 3.05) is 169 Å². The number of hydrogen-bond acceptors (Lipinski definition) is 26. The van der Waals surface area contributed by atoms with Crippen LogP contribution in [0.15, 0.2) is 153 Å². The van der Waals surface area contributed by atoms with Gasteiger partial charge in [-0.05, 0) is 147 Å². The first kappa shape index (κ1) is 93.1. The number of nitriles is 3. The molecule has 6 atom stereocenters. The van der Waals surface area contributed by atoms with Gasteiger partial charge in [0.15, 0.2) is 0 Å². The molecule has 14 heterocycles. The predicted octanol–water partition coefficient (Wildman–Crippen LogP) is 10.9. The molecule has 3 amide bonds. The Kier molecular flexibility index (Phi) is 31.7. The molecule has 127 heavy (non-hydrogen) atoms. The summed E-state index contributed by atoms with van der Waals surface area (Å²) in [5.74, 6) is 2.28. The number of allylic oxidation sites excluding steroid dienone is 1. The number of pyridine rings is 2. The van der Waals surface area contributed by atoms with Crippen LogP contribution in [-0.2, 0) is 53.3 Å². The smallest absolute Gasteiger partial charge is 0.318 e. The minimum Gasteiger partial charge on any atom is -0.462 e. The maximum Gasteiger partial charge on any atom is 0.318 e. The molecule has 666 valence electrons. The summed E-state index contributed by atoms with van der Waals surface area (Å²) in [4.78, 5) is 103. The summed E-state index contributed by atoms with van der Waals surface area (Å²) in [7, 11) is 6.42. The van der Waals surface area contributed by atoms with Crippen molar-refractivity contribution in [3.05, 3.63) is 187 Å². The fourth-order valence-electron chi connectivity index (χ4n) is 19.4. The Hall–Kier alpha value is -11.6. The van der Waals surface area contributed by atoms with Gasteiger partial charge in [0.05, 0.1) is 104 Å². The molecule has 0 saturated carbocycles. The Balaban J connectivity index is 0.000000161. The van der Waals surface area contributed by atoms with E-state index in [1.165, 1.54) is 58.6 Å². The van der Waals surface area contributed by atoms with Crippen molar-refractivity contribution in [1.29, 1.82) is 15.8 Å². The average Bonchev–Trinajstić information content (AvgIpc) is 1.43. The number of piperazine rings is 3. The first-order valence-electron chi connectivity index (χ1n) is 43.9. The quantitative estimate of drug-likeness (QED) is 0.0604. The Morgan fingerprint density at radius 3 is 1.17 bits per heavy atom. The number of rotatable bonds is 21. The van der Waals surface area contributed by atoms with Gasteiger partial charge < -0.3 is 73.0 Å². The third-order valence-electron chi connectivity index (χ3n) is 26.2. The molecule has 0 N–H and O–H groups in total. The summed E-state index contributed by atoms with van der Waals surface area (Å²) >= 11 is 0. The fourth-order valence-corrected chi connectivity index (χ4v) is 19.4. The Bertz CT molecular complexity index is 5340. The summed E-state index contributed by atoms with van der Waals surface area (Å²) in [5, 5.41) is 35.6. The molecule has 3 unspecified atom stereocenters. The van der Waals surface area contributed by atoms with Gasteiger partial charge in [0, 0.05) is 170 Å². The molecule has 9 aromatic rings. The molecule has 32 heteroatoms. The van der Waals surface area contributed by atoms with E-state index in [1.54, 1.807) is 22.0 Å². The van der Waals surface area contributed by atoms with Crippen molar-refractivity contribution in [3.8, 4) is 36.2 Å². The molecule has 0 radical (unpaired) electrons. The van der Waals surface area contributed by atoms with Crippen LogP contribution in [0.5, 0.6) is 18.0 Å². The van der Waals surface area contributed by atoms with Crippen molar-refractivity contribution in [1.82, 2.24) is 69.3 Å². The number of amides is 3. The topological polar surface area (TPSA) is 292 Å². The summed E-state index contributed by atoms with van der Waals surface area (Å²) in [6, 6.07) is 40.1. The molecule has 0 bridgehead atoms. The second-order valence-electron chi connectivity index (χ2n) is 33.7. The average molecular weight is 1770 g/mol. The zero-order chi connectivity index (χ0) is 85.7. The van der Waals surface area contributed by atoms with Gasteiger partial charge in [-0.1, -0.05) is 92.0 Å². The molecule has 18 rings (SSSR count). The van der Waals surface area contributed by atoms with E-state index in [9.17, 15) is 30.2 Å². The molecule has 6 saturated heterocycles. The van der Waals surface area contributed by atoms with E-state index in [0.717, 1.165) is 151 Å². The number of likely N-dealkylation sites (N-methyl/N-ethyl adjacent to an activating group) is 3. The van der Waals surface area contributed by atoms with Crippen LogP contribution < -0.4 is 43.6 Å². The van der Waals surface area contributed by atoms with E-state index in [4.69, 9.17) is 44.1 Å². The molecule has 9 aliphatic heterocycles. The largest absolute Gasteiger partial charge is 0.462 e. The second kappa shape index (κ2) is 43.3.